The summed E-state index contributed by atoms with van der Waals surface area (Å²) in [5, 5.41) is 3.49. The van der Waals surface area contributed by atoms with Crippen molar-refractivity contribution in [3.8, 4) is 0 Å². The fourth-order valence-corrected chi connectivity index (χ4v) is 1.27. The molecule has 0 saturated heterocycles. The summed E-state index contributed by atoms with van der Waals surface area (Å²) in [6.07, 6.45) is 1.28. The van der Waals surface area contributed by atoms with Crippen molar-refractivity contribution in [1.29, 1.82) is 0 Å². The van der Waals surface area contributed by atoms with E-state index in [1.165, 1.54) is 26.1 Å². The van der Waals surface area contributed by atoms with Crippen LogP contribution in [0.3, 0.4) is 0 Å². The zero-order chi connectivity index (χ0) is 10.1. The molecule has 0 aromatic carbocycles. The Labute approximate surface area is 83.7 Å². The highest BCUT2D eigenvalue weighted by Crippen LogP contribution is 1.96. The molecular weight excluding hydrogens is 160 g/mol. The molecule has 1 atom stereocenters. The van der Waals surface area contributed by atoms with Crippen LogP contribution in [-0.4, -0.2) is 37.6 Å². The number of likely N-dealkylation sites (N-methyl/N-ethyl adjacent to an activating group) is 1. The second kappa shape index (κ2) is 8.52. The van der Waals surface area contributed by atoms with Crippen molar-refractivity contribution in [2.45, 2.75) is 34.1 Å². The van der Waals surface area contributed by atoms with E-state index in [4.69, 9.17) is 0 Å². The lowest BCUT2D eigenvalue weighted by molar-refractivity contribution is 0.299. The van der Waals surface area contributed by atoms with Crippen LogP contribution in [0.4, 0.5) is 0 Å². The Morgan fingerprint density at radius 3 is 2.23 bits per heavy atom. The van der Waals surface area contributed by atoms with Crippen LogP contribution in [0.15, 0.2) is 0 Å². The molecule has 0 radical (unpaired) electrons. The zero-order valence-corrected chi connectivity index (χ0v) is 9.77. The molecule has 0 aliphatic carbocycles. The molecule has 0 fully saturated rings. The minimum Gasteiger partial charge on any atom is -0.315 e. The Morgan fingerprint density at radius 1 is 1.15 bits per heavy atom. The summed E-state index contributed by atoms with van der Waals surface area (Å²) >= 11 is 0. The Morgan fingerprint density at radius 2 is 1.77 bits per heavy atom. The number of hydrogen-bond acceptors (Lipinski definition) is 2. The summed E-state index contributed by atoms with van der Waals surface area (Å²) in [5.41, 5.74) is 0. The zero-order valence-electron chi connectivity index (χ0n) is 9.77. The Kier molecular flexibility index (Phi) is 8.46. The van der Waals surface area contributed by atoms with Crippen LogP contribution in [0.25, 0.3) is 0 Å². The maximum atomic E-state index is 3.49. The molecule has 0 bridgehead atoms. The first-order valence-electron chi connectivity index (χ1n) is 5.67. The lowest BCUT2D eigenvalue weighted by Crippen LogP contribution is -2.33. The molecule has 0 rings (SSSR count). The molecule has 0 saturated carbocycles. The highest BCUT2D eigenvalue weighted by molar-refractivity contribution is 4.58. The molecular formula is C11H26N2. The van der Waals surface area contributed by atoms with Gasteiger partial charge in [0.2, 0.25) is 0 Å². The highest BCUT2D eigenvalue weighted by atomic mass is 15.1. The molecule has 0 aromatic heterocycles. The standard InChI is InChI=1S/C11H26N2/c1-5-11(4)10-12-8-9-13(6-2)7-3/h11-12H,5-10H2,1-4H3. The maximum absolute atomic E-state index is 3.49. The van der Waals surface area contributed by atoms with Crippen LogP contribution in [0.1, 0.15) is 34.1 Å². The Bertz CT molecular complexity index is 100. The second-order valence-electron chi connectivity index (χ2n) is 3.74. The van der Waals surface area contributed by atoms with Crippen LogP contribution in [0.5, 0.6) is 0 Å². The monoisotopic (exact) mass is 186 g/mol. The van der Waals surface area contributed by atoms with Gasteiger partial charge in [0.15, 0.2) is 0 Å². The van der Waals surface area contributed by atoms with Crippen molar-refractivity contribution in [1.82, 2.24) is 10.2 Å². The molecule has 80 valence electrons. The van der Waals surface area contributed by atoms with Gasteiger partial charge in [0.05, 0.1) is 0 Å². The minimum atomic E-state index is 0.816. The van der Waals surface area contributed by atoms with Gasteiger partial charge in [-0.3, -0.25) is 0 Å². The average Bonchev–Trinajstić information content (AvgIpc) is 2.18. The van der Waals surface area contributed by atoms with Crippen LogP contribution >= 0.6 is 0 Å². The van der Waals surface area contributed by atoms with E-state index < -0.39 is 0 Å². The van der Waals surface area contributed by atoms with Crippen LogP contribution in [0, 0.1) is 5.92 Å². The topological polar surface area (TPSA) is 15.3 Å². The van der Waals surface area contributed by atoms with Gasteiger partial charge in [-0.15, -0.1) is 0 Å². The van der Waals surface area contributed by atoms with E-state index in [1.54, 1.807) is 0 Å². The Balaban J connectivity index is 3.23. The summed E-state index contributed by atoms with van der Waals surface area (Å²) in [7, 11) is 0. The van der Waals surface area contributed by atoms with E-state index in [0.29, 0.717) is 0 Å². The second-order valence-corrected chi connectivity index (χ2v) is 3.74. The van der Waals surface area contributed by atoms with Gasteiger partial charge >= 0.3 is 0 Å². The fourth-order valence-electron chi connectivity index (χ4n) is 1.27. The summed E-state index contributed by atoms with van der Waals surface area (Å²) in [6, 6.07) is 0. The van der Waals surface area contributed by atoms with Crippen molar-refractivity contribution >= 4 is 0 Å². The molecule has 2 nitrogen and oxygen atoms in total. The molecule has 0 spiro atoms. The largest absolute Gasteiger partial charge is 0.315 e. The van der Waals surface area contributed by atoms with Crippen LogP contribution in [-0.2, 0) is 0 Å². The maximum Gasteiger partial charge on any atom is 0.0107 e. The number of hydrogen-bond donors (Lipinski definition) is 1. The number of nitrogens with one attached hydrogen (secondary N) is 1. The van der Waals surface area contributed by atoms with Gasteiger partial charge in [-0.1, -0.05) is 34.1 Å². The van der Waals surface area contributed by atoms with Gasteiger partial charge in [-0.25, -0.2) is 0 Å². The molecule has 0 aromatic rings. The van der Waals surface area contributed by atoms with E-state index >= 15 is 0 Å². The predicted octanol–water partition coefficient (Wildman–Crippen LogP) is 1.96. The molecule has 0 heterocycles. The van der Waals surface area contributed by atoms with Gasteiger partial charge < -0.3 is 10.2 Å². The van der Waals surface area contributed by atoms with Gasteiger partial charge in [-0.2, -0.15) is 0 Å². The van der Waals surface area contributed by atoms with Crippen molar-refractivity contribution in [3.05, 3.63) is 0 Å². The summed E-state index contributed by atoms with van der Waals surface area (Å²) in [6.45, 7) is 14.8. The van der Waals surface area contributed by atoms with E-state index in [1.807, 2.05) is 0 Å². The molecule has 0 aliphatic heterocycles. The summed E-state index contributed by atoms with van der Waals surface area (Å²) in [5.74, 6) is 0.816. The molecule has 0 aliphatic rings. The first-order chi connectivity index (χ1) is 6.24. The molecule has 1 N–H and O–H groups in total. The van der Waals surface area contributed by atoms with Crippen molar-refractivity contribution in [2.75, 3.05) is 32.7 Å². The van der Waals surface area contributed by atoms with Crippen molar-refractivity contribution in [3.63, 3.8) is 0 Å². The lowest BCUT2D eigenvalue weighted by atomic mass is 10.1. The third kappa shape index (κ3) is 7.03. The highest BCUT2D eigenvalue weighted by Gasteiger charge is 1.99. The van der Waals surface area contributed by atoms with Crippen molar-refractivity contribution < 1.29 is 0 Å². The molecule has 2 heteroatoms. The normalized spacial score (nSPS) is 13.6. The van der Waals surface area contributed by atoms with Crippen LogP contribution < -0.4 is 5.32 Å². The average molecular weight is 186 g/mol. The first kappa shape index (κ1) is 12.9. The number of nitrogens with zero attached hydrogens (tertiary/aromatic N) is 1. The third-order valence-corrected chi connectivity index (χ3v) is 2.69. The fraction of sp³-hybridized carbons (Fsp3) is 1.00. The summed E-state index contributed by atoms with van der Waals surface area (Å²) < 4.78 is 0. The van der Waals surface area contributed by atoms with Gasteiger partial charge in [0.1, 0.15) is 0 Å². The minimum absolute atomic E-state index is 0.816. The van der Waals surface area contributed by atoms with Crippen molar-refractivity contribution in [2.24, 2.45) is 5.92 Å². The lowest BCUT2D eigenvalue weighted by Gasteiger charge is -2.18. The third-order valence-electron chi connectivity index (χ3n) is 2.69. The van der Waals surface area contributed by atoms with E-state index in [9.17, 15) is 0 Å². The smallest absolute Gasteiger partial charge is 0.0107 e. The Hall–Kier alpha value is -0.0800. The van der Waals surface area contributed by atoms with Gasteiger partial charge in [0, 0.05) is 13.1 Å². The molecule has 0 amide bonds. The van der Waals surface area contributed by atoms with Crippen LogP contribution in [0.2, 0.25) is 0 Å². The molecule has 1 unspecified atom stereocenters. The summed E-state index contributed by atoms with van der Waals surface area (Å²) in [4.78, 5) is 2.45. The SMILES string of the molecule is CCC(C)CNCCN(CC)CC. The number of rotatable bonds is 8. The first-order valence-corrected chi connectivity index (χ1v) is 5.67. The van der Waals surface area contributed by atoms with E-state index in [0.717, 1.165) is 19.0 Å². The molecule has 13 heavy (non-hydrogen) atoms. The quantitative estimate of drug-likeness (QED) is 0.583. The van der Waals surface area contributed by atoms with E-state index in [2.05, 4.69) is 37.9 Å². The van der Waals surface area contributed by atoms with Gasteiger partial charge in [0.25, 0.3) is 0 Å². The van der Waals surface area contributed by atoms with E-state index in [-0.39, 0.29) is 0 Å². The van der Waals surface area contributed by atoms with Gasteiger partial charge in [-0.05, 0) is 25.6 Å². The predicted molar refractivity (Wildman–Crippen MR) is 60.1 cm³/mol.